The standard InChI is InChI=1S/C19H22F2N4/c20-16-4-1-3-15(18(16)21)12-24-9-2-5-19(13-24)6-10-25(14-19)17-11-22-7-8-23-17/h1,3-4,7-8,11H,2,5-6,9-10,12-14H2/t19-/m1/s1. The number of piperidine rings is 1. The third-order valence-electron chi connectivity index (χ3n) is 5.48. The molecule has 1 atom stereocenters. The van der Waals surface area contributed by atoms with Crippen LogP contribution in [0.1, 0.15) is 24.8 Å². The Morgan fingerprint density at radius 3 is 2.84 bits per heavy atom. The fraction of sp³-hybridized carbons (Fsp3) is 0.474. The molecule has 2 fully saturated rings. The summed E-state index contributed by atoms with van der Waals surface area (Å²) in [6.45, 7) is 4.24. The second kappa shape index (κ2) is 6.67. The zero-order valence-electron chi connectivity index (χ0n) is 14.2. The third-order valence-corrected chi connectivity index (χ3v) is 5.48. The van der Waals surface area contributed by atoms with Gasteiger partial charge in [0.1, 0.15) is 5.82 Å². The van der Waals surface area contributed by atoms with Crippen molar-refractivity contribution < 1.29 is 8.78 Å². The molecule has 1 aromatic heterocycles. The summed E-state index contributed by atoms with van der Waals surface area (Å²) in [4.78, 5) is 13.1. The summed E-state index contributed by atoms with van der Waals surface area (Å²) in [5.74, 6) is -0.554. The molecule has 0 N–H and O–H groups in total. The first-order valence-electron chi connectivity index (χ1n) is 8.81. The molecule has 2 aliphatic rings. The molecular formula is C19H22F2N4. The molecule has 0 amide bonds. The molecule has 2 aliphatic heterocycles. The van der Waals surface area contributed by atoms with Gasteiger partial charge in [-0.05, 0) is 31.9 Å². The molecule has 2 saturated heterocycles. The van der Waals surface area contributed by atoms with Crippen LogP contribution in [0.5, 0.6) is 0 Å². The molecule has 4 rings (SSSR count). The number of hydrogen-bond acceptors (Lipinski definition) is 4. The Balaban J connectivity index is 1.45. The normalized spacial score (nSPS) is 24.2. The van der Waals surface area contributed by atoms with Crippen molar-refractivity contribution in [2.75, 3.05) is 31.1 Å². The zero-order valence-corrected chi connectivity index (χ0v) is 14.2. The lowest BCUT2D eigenvalue weighted by molar-refractivity contribution is 0.0980. The molecule has 132 valence electrons. The fourth-order valence-electron chi connectivity index (χ4n) is 4.27. The van der Waals surface area contributed by atoms with E-state index in [1.165, 1.54) is 12.5 Å². The molecule has 0 aliphatic carbocycles. The lowest BCUT2D eigenvalue weighted by Crippen LogP contribution is -2.44. The highest BCUT2D eigenvalue weighted by Crippen LogP contribution is 2.40. The van der Waals surface area contributed by atoms with Crippen LogP contribution in [-0.2, 0) is 6.54 Å². The number of likely N-dealkylation sites (tertiary alicyclic amines) is 1. The minimum Gasteiger partial charge on any atom is -0.355 e. The number of rotatable bonds is 3. The zero-order chi connectivity index (χ0) is 17.3. The second-order valence-corrected chi connectivity index (χ2v) is 7.26. The Hall–Kier alpha value is -2.08. The summed E-state index contributed by atoms with van der Waals surface area (Å²) in [6, 6.07) is 4.44. The maximum atomic E-state index is 14.0. The minimum absolute atomic E-state index is 0.208. The van der Waals surface area contributed by atoms with Crippen LogP contribution in [0.3, 0.4) is 0 Å². The van der Waals surface area contributed by atoms with E-state index in [2.05, 4.69) is 19.8 Å². The summed E-state index contributed by atoms with van der Waals surface area (Å²) in [6.07, 6.45) is 8.58. The van der Waals surface area contributed by atoms with Crippen LogP contribution in [0.25, 0.3) is 0 Å². The molecule has 6 heteroatoms. The minimum atomic E-state index is -0.765. The van der Waals surface area contributed by atoms with Gasteiger partial charge in [0, 0.05) is 49.6 Å². The number of anilines is 1. The lowest BCUT2D eigenvalue weighted by atomic mass is 9.79. The van der Waals surface area contributed by atoms with Gasteiger partial charge in [-0.3, -0.25) is 9.88 Å². The van der Waals surface area contributed by atoms with Crippen molar-refractivity contribution in [3.8, 4) is 0 Å². The van der Waals surface area contributed by atoms with Gasteiger partial charge in [-0.15, -0.1) is 0 Å². The van der Waals surface area contributed by atoms with Crippen LogP contribution in [0.4, 0.5) is 14.6 Å². The Labute approximate surface area is 146 Å². The Kier molecular flexibility index (Phi) is 4.37. The molecule has 1 spiro atoms. The summed E-state index contributed by atoms with van der Waals surface area (Å²) in [5, 5.41) is 0. The van der Waals surface area contributed by atoms with Crippen molar-refractivity contribution in [1.82, 2.24) is 14.9 Å². The van der Waals surface area contributed by atoms with Gasteiger partial charge in [-0.2, -0.15) is 0 Å². The highest BCUT2D eigenvalue weighted by molar-refractivity contribution is 5.37. The van der Waals surface area contributed by atoms with Gasteiger partial charge in [0.05, 0.1) is 6.20 Å². The van der Waals surface area contributed by atoms with Crippen molar-refractivity contribution in [2.45, 2.75) is 25.8 Å². The second-order valence-electron chi connectivity index (χ2n) is 7.26. The lowest BCUT2D eigenvalue weighted by Gasteiger charge is -2.40. The number of halogens is 2. The summed E-state index contributed by atoms with van der Waals surface area (Å²) < 4.78 is 27.4. The molecule has 4 nitrogen and oxygen atoms in total. The predicted octanol–water partition coefficient (Wildman–Crippen LogP) is 3.25. The average Bonchev–Trinajstić information content (AvgIpc) is 3.03. The van der Waals surface area contributed by atoms with Gasteiger partial charge in [0.25, 0.3) is 0 Å². The molecule has 25 heavy (non-hydrogen) atoms. The molecular weight excluding hydrogens is 322 g/mol. The van der Waals surface area contributed by atoms with Crippen molar-refractivity contribution in [1.29, 1.82) is 0 Å². The molecule has 3 heterocycles. The largest absolute Gasteiger partial charge is 0.355 e. The molecule has 2 aromatic rings. The highest BCUT2D eigenvalue weighted by atomic mass is 19.2. The number of hydrogen-bond donors (Lipinski definition) is 0. The van der Waals surface area contributed by atoms with Gasteiger partial charge in [0.2, 0.25) is 0 Å². The summed E-state index contributed by atoms with van der Waals surface area (Å²) in [5.41, 5.74) is 0.653. The van der Waals surface area contributed by atoms with Crippen molar-refractivity contribution in [3.05, 3.63) is 54.0 Å². The first-order chi connectivity index (χ1) is 12.2. The van der Waals surface area contributed by atoms with E-state index < -0.39 is 11.6 Å². The van der Waals surface area contributed by atoms with Crippen molar-refractivity contribution >= 4 is 5.82 Å². The average molecular weight is 344 g/mol. The Morgan fingerprint density at radius 1 is 1.08 bits per heavy atom. The SMILES string of the molecule is Fc1cccc(CN2CCC[C@@]3(CCN(c4cnccn4)C3)C2)c1F. The molecule has 0 saturated carbocycles. The van der Waals surface area contributed by atoms with Gasteiger partial charge in [-0.25, -0.2) is 13.8 Å². The first-order valence-corrected chi connectivity index (χ1v) is 8.81. The van der Waals surface area contributed by atoms with Crippen LogP contribution in [0.15, 0.2) is 36.8 Å². The van der Waals surface area contributed by atoms with Crippen molar-refractivity contribution in [3.63, 3.8) is 0 Å². The first kappa shape index (κ1) is 16.4. The van der Waals surface area contributed by atoms with E-state index in [-0.39, 0.29) is 5.41 Å². The monoisotopic (exact) mass is 344 g/mol. The Morgan fingerprint density at radius 2 is 2.00 bits per heavy atom. The van der Waals surface area contributed by atoms with Gasteiger partial charge >= 0.3 is 0 Å². The van der Waals surface area contributed by atoms with E-state index in [0.29, 0.717) is 12.1 Å². The van der Waals surface area contributed by atoms with E-state index in [4.69, 9.17) is 0 Å². The van der Waals surface area contributed by atoms with E-state index >= 15 is 0 Å². The molecule has 0 unspecified atom stereocenters. The van der Waals surface area contributed by atoms with Crippen molar-refractivity contribution in [2.24, 2.45) is 5.41 Å². The molecule has 0 radical (unpaired) electrons. The number of nitrogens with zero attached hydrogens (tertiary/aromatic N) is 4. The summed E-state index contributed by atoms with van der Waals surface area (Å²) >= 11 is 0. The van der Waals surface area contributed by atoms with Crippen LogP contribution < -0.4 is 4.90 Å². The maximum Gasteiger partial charge on any atom is 0.163 e. The topological polar surface area (TPSA) is 32.3 Å². The third kappa shape index (κ3) is 3.35. The molecule has 1 aromatic carbocycles. The van der Waals surface area contributed by atoms with E-state index in [0.717, 1.165) is 44.8 Å². The highest BCUT2D eigenvalue weighted by Gasteiger charge is 2.41. The fourth-order valence-corrected chi connectivity index (χ4v) is 4.27. The Bertz CT molecular complexity index is 739. The molecule has 0 bridgehead atoms. The van der Waals surface area contributed by atoms with Crippen LogP contribution >= 0.6 is 0 Å². The smallest absolute Gasteiger partial charge is 0.163 e. The van der Waals surface area contributed by atoms with Crippen LogP contribution in [0.2, 0.25) is 0 Å². The van der Waals surface area contributed by atoms with Crippen LogP contribution in [-0.4, -0.2) is 41.0 Å². The predicted molar refractivity (Wildman–Crippen MR) is 92.2 cm³/mol. The maximum absolute atomic E-state index is 14.0. The van der Waals surface area contributed by atoms with Gasteiger partial charge in [0.15, 0.2) is 11.6 Å². The van der Waals surface area contributed by atoms with E-state index in [1.54, 1.807) is 24.5 Å². The summed E-state index contributed by atoms with van der Waals surface area (Å²) in [7, 11) is 0. The van der Waals surface area contributed by atoms with Gasteiger partial charge in [-0.1, -0.05) is 12.1 Å². The van der Waals surface area contributed by atoms with E-state index in [1.807, 2.05) is 6.20 Å². The van der Waals surface area contributed by atoms with Gasteiger partial charge < -0.3 is 4.90 Å². The number of benzene rings is 1. The quantitative estimate of drug-likeness (QED) is 0.856. The van der Waals surface area contributed by atoms with Crippen LogP contribution in [0, 0.1) is 17.0 Å². The van der Waals surface area contributed by atoms with E-state index in [9.17, 15) is 8.78 Å². The number of aromatic nitrogens is 2.